The fourth-order valence-corrected chi connectivity index (χ4v) is 4.04. The molecule has 2 heterocycles. The van der Waals surface area contributed by atoms with Crippen LogP contribution in [-0.2, 0) is 24.3 Å². The van der Waals surface area contributed by atoms with E-state index < -0.39 is 0 Å². The molecule has 0 unspecified atom stereocenters. The van der Waals surface area contributed by atoms with Gasteiger partial charge in [-0.3, -0.25) is 9.69 Å². The normalized spacial score (nSPS) is 14.7. The van der Waals surface area contributed by atoms with E-state index in [9.17, 15) is 4.79 Å². The van der Waals surface area contributed by atoms with E-state index in [2.05, 4.69) is 15.2 Å². The highest BCUT2D eigenvalue weighted by molar-refractivity contribution is 7.15. The number of fused-ring (bicyclic) bond motifs is 1. The van der Waals surface area contributed by atoms with Crippen LogP contribution in [0.5, 0.6) is 0 Å². The molecule has 0 atom stereocenters. The summed E-state index contributed by atoms with van der Waals surface area (Å²) in [7, 11) is 0. The number of carbonyl (C=O) groups excluding carboxylic acids is 1. The monoisotopic (exact) mass is 355 g/mol. The summed E-state index contributed by atoms with van der Waals surface area (Å²) < 4.78 is 0. The van der Waals surface area contributed by atoms with Crippen LogP contribution in [0.15, 0.2) is 18.2 Å². The number of aromatic nitrogens is 1. The number of thiazole rings is 1. The van der Waals surface area contributed by atoms with E-state index in [1.54, 1.807) is 17.4 Å². The Morgan fingerprint density at radius 2 is 2.27 bits per heavy atom. The van der Waals surface area contributed by atoms with E-state index in [1.165, 1.54) is 11.8 Å². The number of benzene rings is 1. The van der Waals surface area contributed by atoms with Crippen LogP contribution in [0.4, 0.5) is 5.13 Å². The summed E-state index contributed by atoms with van der Waals surface area (Å²) in [6, 6.07) is 5.60. The molecule has 116 valence electrons. The first-order chi connectivity index (χ1) is 10.5. The van der Waals surface area contributed by atoms with Gasteiger partial charge < -0.3 is 5.32 Å². The number of amides is 1. The van der Waals surface area contributed by atoms with Gasteiger partial charge in [0.15, 0.2) is 5.13 Å². The molecule has 0 saturated heterocycles. The summed E-state index contributed by atoms with van der Waals surface area (Å²) >= 11 is 13.7. The van der Waals surface area contributed by atoms with Gasteiger partial charge in [-0.2, -0.15) is 0 Å². The van der Waals surface area contributed by atoms with E-state index in [4.69, 9.17) is 23.2 Å². The van der Waals surface area contributed by atoms with Crippen molar-refractivity contribution in [3.63, 3.8) is 0 Å². The summed E-state index contributed by atoms with van der Waals surface area (Å²) in [6.07, 6.45) is 0.886. The van der Waals surface area contributed by atoms with Gasteiger partial charge in [0.05, 0.1) is 5.69 Å². The zero-order valence-corrected chi connectivity index (χ0v) is 14.4. The van der Waals surface area contributed by atoms with E-state index >= 15 is 0 Å². The lowest BCUT2D eigenvalue weighted by atomic mass is 10.1. The Balaban J connectivity index is 1.71. The van der Waals surface area contributed by atoms with Gasteiger partial charge in [-0.1, -0.05) is 29.3 Å². The molecule has 0 bridgehead atoms. The Morgan fingerprint density at radius 3 is 3.00 bits per heavy atom. The highest BCUT2D eigenvalue weighted by Gasteiger charge is 2.21. The highest BCUT2D eigenvalue weighted by Crippen LogP contribution is 2.30. The Hall–Kier alpha value is -1.14. The number of hydrogen-bond donors (Lipinski definition) is 1. The van der Waals surface area contributed by atoms with Gasteiger partial charge in [-0.25, -0.2) is 4.98 Å². The number of nitrogens with one attached hydrogen (secondary N) is 1. The second kappa shape index (κ2) is 6.54. The van der Waals surface area contributed by atoms with Crippen molar-refractivity contribution < 1.29 is 4.79 Å². The van der Waals surface area contributed by atoms with Gasteiger partial charge in [0.2, 0.25) is 5.91 Å². The minimum atomic E-state index is -0.0871. The molecule has 0 radical (unpaired) electrons. The van der Waals surface area contributed by atoms with E-state index in [1.807, 2.05) is 12.1 Å². The maximum atomic E-state index is 11.1. The van der Waals surface area contributed by atoms with Gasteiger partial charge in [0.25, 0.3) is 0 Å². The summed E-state index contributed by atoms with van der Waals surface area (Å²) in [4.78, 5) is 19.1. The van der Waals surface area contributed by atoms with Crippen molar-refractivity contribution in [2.24, 2.45) is 0 Å². The number of rotatable bonds is 3. The smallest absolute Gasteiger partial charge is 0.223 e. The van der Waals surface area contributed by atoms with Crippen molar-refractivity contribution in [2.45, 2.75) is 26.4 Å². The molecule has 7 heteroatoms. The predicted molar refractivity (Wildman–Crippen MR) is 90.7 cm³/mol. The molecule has 0 saturated carbocycles. The molecular formula is C15H15Cl2N3OS. The van der Waals surface area contributed by atoms with Gasteiger partial charge in [-0.05, 0) is 17.7 Å². The van der Waals surface area contributed by atoms with E-state index in [-0.39, 0.29) is 5.91 Å². The Labute approximate surface area is 143 Å². The average Bonchev–Trinajstić information content (AvgIpc) is 2.82. The number of nitrogens with zero attached hydrogens (tertiary/aromatic N) is 2. The first-order valence-corrected chi connectivity index (χ1v) is 8.51. The molecule has 1 aromatic heterocycles. The lowest BCUT2D eigenvalue weighted by Gasteiger charge is -2.26. The van der Waals surface area contributed by atoms with Gasteiger partial charge >= 0.3 is 0 Å². The van der Waals surface area contributed by atoms with Crippen LogP contribution in [0, 0.1) is 0 Å². The van der Waals surface area contributed by atoms with Gasteiger partial charge in [-0.15, -0.1) is 11.3 Å². The number of hydrogen-bond acceptors (Lipinski definition) is 4. The lowest BCUT2D eigenvalue weighted by molar-refractivity contribution is -0.114. The molecule has 0 aliphatic carbocycles. The first-order valence-electron chi connectivity index (χ1n) is 6.93. The van der Waals surface area contributed by atoms with Crippen LogP contribution in [0.1, 0.15) is 23.1 Å². The van der Waals surface area contributed by atoms with Crippen molar-refractivity contribution in [2.75, 3.05) is 11.9 Å². The topological polar surface area (TPSA) is 45.2 Å². The predicted octanol–water partition coefficient (Wildman–Crippen LogP) is 3.97. The summed E-state index contributed by atoms with van der Waals surface area (Å²) in [5.41, 5.74) is 2.16. The minimum Gasteiger partial charge on any atom is -0.302 e. The molecule has 2 aromatic rings. The molecule has 1 N–H and O–H groups in total. The Bertz CT molecular complexity index is 717. The van der Waals surface area contributed by atoms with Crippen LogP contribution in [-0.4, -0.2) is 22.3 Å². The van der Waals surface area contributed by atoms with Crippen molar-refractivity contribution >= 4 is 45.6 Å². The molecular weight excluding hydrogens is 341 g/mol. The summed E-state index contributed by atoms with van der Waals surface area (Å²) in [6.45, 7) is 4.03. The third-order valence-corrected chi connectivity index (χ3v) is 5.09. The SMILES string of the molecule is CC(=O)Nc1nc2c(s1)CN(Cc1ccc(Cl)cc1Cl)CC2. The fraction of sp³-hybridized carbons (Fsp3) is 0.333. The standard InChI is InChI=1S/C15H15Cl2N3OS/c1-9(21)18-15-19-13-4-5-20(8-14(13)22-15)7-10-2-3-11(16)6-12(10)17/h2-3,6H,4-5,7-8H2,1H3,(H,18,19,21). The fourth-order valence-electron chi connectivity index (χ4n) is 2.48. The summed E-state index contributed by atoms with van der Waals surface area (Å²) in [5, 5.41) is 4.79. The Kier molecular flexibility index (Phi) is 4.68. The third-order valence-electron chi connectivity index (χ3n) is 3.50. The van der Waals surface area contributed by atoms with E-state index in [0.29, 0.717) is 15.2 Å². The van der Waals surface area contributed by atoms with Crippen LogP contribution < -0.4 is 5.32 Å². The molecule has 1 aromatic carbocycles. The van der Waals surface area contributed by atoms with Crippen molar-refractivity contribution in [3.05, 3.63) is 44.4 Å². The number of anilines is 1. The zero-order chi connectivity index (χ0) is 15.7. The van der Waals surface area contributed by atoms with Gasteiger partial charge in [0, 0.05) is 47.9 Å². The molecule has 0 fully saturated rings. The third kappa shape index (κ3) is 3.60. The minimum absolute atomic E-state index is 0.0871. The van der Waals surface area contributed by atoms with Crippen molar-refractivity contribution in [1.82, 2.24) is 9.88 Å². The molecule has 0 spiro atoms. The lowest BCUT2D eigenvalue weighted by Crippen LogP contribution is -2.29. The molecule has 4 nitrogen and oxygen atoms in total. The average molecular weight is 356 g/mol. The highest BCUT2D eigenvalue weighted by atomic mass is 35.5. The quantitative estimate of drug-likeness (QED) is 0.905. The first kappa shape index (κ1) is 15.7. The van der Waals surface area contributed by atoms with Crippen molar-refractivity contribution in [1.29, 1.82) is 0 Å². The number of carbonyl (C=O) groups is 1. The molecule has 1 aliphatic heterocycles. The van der Waals surface area contributed by atoms with E-state index in [0.717, 1.165) is 37.3 Å². The Morgan fingerprint density at radius 1 is 1.45 bits per heavy atom. The second-order valence-electron chi connectivity index (χ2n) is 5.27. The van der Waals surface area contributed by atoms with Crippen molar-refractivity contribution in [3.8, 4) is 0 Å². The molecule has 1 aliphatic rings. The molecule has 1 amide bonds. The zero-order valence-electron chi connectivity index (χ0n) is 12.0. The maximum absolute atomic E-state index is 11.1. The van der Waals surface area contributed by atoms with Gasteiger partial charge in [0.1, 0.15) is 0 Å². The molecule has 22 heavy (non-hydrogen) atoms. The number of halogens is 2. The van der Waals surface area contributed by atoms with Crippen LogP contribution >= 0.6 is 34.5 Å². The largest absolute Gasteiger partial charge is 0.302 e. The maximum Gasteiger partial charge on any atom is 0.223 e. The van der Waals surface area contributed by atoms with Crippen LogP contribution in [0.25, 0.3) is 0 Å². The van der Waals surface area contributed by atoms with Crippen LogP contribution in [0.2, 0.25) is 10.0 Å². The summed E-state index contributed by atoms with van der Waals surface area (Å²) in [5.74, 6) is -0.0871. The van der Waals surface area contributed by atoms with Crippen LogP contribution in [0.3, 0.4) is 0 Å². The second-order valence-corrected chi connectivity index (χ2v) is 7.19. The molecule has 3 rings (SSSR count).